The third-order valence-electron chi connectivity index (χ3n) is 7.15. The summed E-state index contributed by atoms with van der Waals surface area (Å²) in [6.07, 6.45) is 0.258. The van der Waals surface area contributed by atoms with Gasteiger partial charge in [0.1, 0.15) is 18.3 Å². The van der Waals surface area contributed by atoms with Crippen LogP contribution in [0.2, 0.25) is 0 Å². The minimum atomic E-state index is -4.18. The predicted octanol–water partition coefficient (Wildman–Crippen LogP) is 5.36. The number of nitrogens with zero attached hydrogens (tertiary/aromatic N) is 2. The minimum absolute atomic E-state index is 0.0124. The van der Waals surface area contributed by atoms with Gasteiger partial charge in [-0.1, -0.05) is 78.4 Å². The Bertz CT molecular complexity index is 1630. The first kappa shape index (κ1) is 32.3. The van der Waals surface area contributed by atoms with E-state index >= 15 is 0 Å². The van der Waals surface area contributed by atoms with Gasteiger partial charge in [-0.25, -0.2) is 8.42 Å². The van der Waals surface area contributed by atoms with Crippen LogP contribution < -0.4 is 14.4 Å². The Kier molecular flexibility index (Phi) is 10.8. The molecule has 1 N–H and O–H groups in total. The van der Waals surface area contributed by atoms with E-state index in [0.29, 0.717) is 11.4 Å². The molecule has 4 aromatic carbocycles. The molecule has 0 aliphatic heterocycles. The van der Waals surface area contributed by atoms with Gasteiger partial charge in [0.05, 0.1) is 17.7 Å². The summed E-state index contributed by atoms with van der Waals surface area (Å²) in [6, 6.07) is 30.7. The largest absolute Gasteiger partial charge is 0.497 e. The van der Waals surface area contributed by atoms with E-state index in [1.165, 1.54) is 24.1 Å². The Morgan fingerprint density at radius 1 is 0.795 bits per heavy atom. The number of carbonyl (C=O) groups is 2. The molecule has 44 heavy (non-hydrogen) atoms. The number of nitrogens with one attached hydrogen (secondary N) is 1. The molecule has 1 atom stereocenters. The lowest BCUT2D eigenvalue weighted by Gasteiger charge is -2.34. The highest BCUT2D eigenvalue weighted by molar-refractivity contribution is 7.92. The van der Waals surface area contributed by atoms with Crippen molar-refractivity contribution in [2.75, 3.05) is 18.0 Å². The van der Waals surface area contributed by atoms with Crippen LogP contribution in [-0.4, -0.2) is 50.9 Å². The van der Waals surface area contributed by atoms with Gasteiger partial charge < -0.3 is 15.0 Å². The van der Waals surface area contributed by atoms with Gasteiger partial charge in [-0.3, -0.25) is 13.9 Å². The van der Waals surface area contributed by atoms with E-state index in [1.54, 1.807) is 42.5 Å². The summed E-state index contributed by atoms with van der Waals surface area (Å²) in [4.78, 5) is 29.7. The number of hydrogen-bond acceptors (Lipinski definition) is 5. The fourth-order valence-electron chi connectivity index (χ4n) is 4.82. The number of carbonyl (C=O) groups excluding carboxylic acids is 2. The van der Waals surface area contributed by atoms with Gasteiger partial charge in [-0.05, 0) is 68.3 Å². The minimum Gasteiger partial charge on any atom is -0.497 e. The molecule has 4 rings (SSSR count). The van der Waals surface area contributed by atoms with Gasteiger partial charge >= 0.3 is 0 Å². The number of anilines is 1. The third kappa shape index (κ3) is 8.26. The summed E-state index contributed by atoms with van der Waals surface area (Å²) in [5.74, 6) is -0.310. The topological polar surface area (TPSA) is 96.0 Å². The number of rotatable bonds is 13. The fourth-order valence-corrected chi connectivity index (χ4v) is 6.24. The molecule has 0 heterocycles. The highest BCUT2D eigenvalue weighted by atomic mass is 32.2. The van der Waals surface area contributed by atoms with Crippen LogP contribution in [0, 0.1) is 6.92 Å². The Morgan fingerprint density at radius 3 is 1.95 bits per heavy atom. The molecule has 2 amide bonds. The van der Waals surface area contributed by atoms with Crippen LogP contribution in [0.1, 0.15) is 30.5 Å². The van der Waals surface area contributed by atoms with Gasteiger partial charge in [0.25, 0.3) is 10.0 Å². The molecule has 8 nitrogen and oxygen atoms in total. The van der Waals surface area contributed by atoms with Gasteiger partial charge in [0.15, 0.2) is 0 Å². The molecule has 230 valence electrons. The van der Waals surface area contributed by atoms with Gasteiger partial charge in [0, 0.05) is 19.0 Å². The van der Waals surface area contributed by atoms with Gasteiger partial charge in [-0.15, -0.1) is 0 Å². The first-order valence-corrected chi connectivity index (χ1v) is 15.9. The zero-order valence-corrected chi connectivity index (χ0v) is 26.3. The van der Waals surface area contributed by atoms with Crippen molar-refractivity contribution in [3.05, 3.63) is 126 Å². The molecule has 0 saturated heterocycles. The molecule has 0 spiro atoms. The molecule has 0 saturated carbocycles. The van der Waals surface area contributed by atoms with Crippen LogP contribution in [0.4, 0.5) is 5.69 Å². The SMILES string of the molecule is COc1ccc(S(=O)(=O)N(CC(=O)N(Cc2ccc(C)cc2)[C@H](Cc2ccccc2)C(=O)NC(C)C)c2ccccc2)cc1. The summed E-state index contributed by atoms with van der Waals surface area (Å²) in [5.41, 5.74) is 3.09. The molecule has 0 bridgehead atoms. The Hall–Kier alpha value is -4.63. The number of benzene rings is 4. The molecule has 0 fully saturated rings. The summed E-state index contributed by atoms with van der Waals surface area (Å²) in [6.45, 7) is 5.31. The number of aryl methyl sites for hydroxylation is 1. The average molecular weight is 614 g/mol. The van der Waals surface area contributed by atoms with E-state index in [1.807, 2.05) is 75.4 Å². The molecule has 0 aromatic heterocycles. The molecular weight excluding hydrogens is 574 g/mol. The lowest BCUT2D eigenvalue weighted by Crippen LogP contribution is -2.54. The smallest absolute Gasteiger partial charge is 0.264 e. The van der Waals surface area contributed by atoms with Crippen molar-refractivity contribution in [1.29, 1.82) is 0 Å². The summed E-state index contributed by atoms with van der Waals surface area (Å²) < 4.78 is 34.4. The Balaban J connectivity index is 1.78. The van der Waals surface area contributed by atoms with Crippen LogP contribution >= 0.6 is 0 Å². The molecule has 4 aromatic rings. The zero-order valence-electron chi connectivity index (χ0n) is 25.5. The molecule has 0 unspecified atom stereocenters. The van der Waals surface area contributed by atoms with Crippen LogP contribution in [-0.2, 0) is 32.6 Å². The maximum atomic E-state index is 14.4. The van der Waals surface area contributed by atoms with Crippen molar-refractivity contribution in [3.8, 4) is 5.75 Å². The van der Waals surface area contributed by atoms with Crippen molar-refractivity contribution in [2.45, 2.75) is 50.7 Å². The highest BCUT2D eigenvalue weighted by Gasteiger charge is 2.34. The maximum Gasteiger partial charge on any atom is 0.264 e. The highest BCUT2D eigenvalue weighted by Crippen LogP contribution is 2.26. The van der Waals surface area contributed by atoms with Crippen LogP contribution in [0.3, 0.4) is 0 Å². The molecule has 0 aliphatic rings. The first-order chi connectivity index (χ1) is 21.1. The molecule has 0 radical (unpaired) electrons. The second kappa shape index (κ2) is 14.7. The number of sulfonamides is 1. The number of para-hydroxylation sites is 1. The number of methoxy groups -OCH3 is 1. The molecule has 9 heteroatoms. The second-order valence-electron chi connectivity index (χ2n) is 10.9. The van der Waals surface area contributed by atoms with Crippen molar-refractivity contribution in [3.63, 3.8) is 0 Å². The van der Waals surface area contributed by atoms with Gasteiger partial charge in [-0.2, -0.15) is 0 Å². The Labute approximate surface area is 260 Å². The normalized spacial score (nSPS) is 11.9. The van der Waals surface area contributed by atoms with Crippen molar-refractivity contribution >= 4 is 27.5 Å². The quantitative estimate of drug-likeness (QED) is 0.219. The third-order valence-corrected chi connectivity index (χ3v) is 8.93. The van der Waals surface area contributed by atoms with Crippen molar-refractivity contribution < 1.29 is 22.7 Å². The average Bonchev–Trinajstić information content (AvgIpc) is 3.02. The maximum absolute atomic E-state index is 14.4. The molecular formula is C35H39N3O5S. The lowest BCUT2D eigenvalue weighted by molar-refractivity contribution is -0.140. The number of ether oxygens (including phenoxy) is 1. The standard InChI is InChI=1S/C35H39N3O5S/c1-26(2)36-35(40)33(23-28-11-7-5-8-12-28)37(24-29-17-15-27(3)16-18-29)34(39)25-38(30-13-9-6-10-14-30)44(41,42)32-21-19-31(43-4)20-22-32/h5-22,26,33H,23-25H2,1-4H3,(H,36,40)/t33-/m1/s1. The van der Waals surface area contributed by atoms with Crippen molar-refractivity contribution in [2.24, 2.45) is 0 Å². The lowest BCUT2D eigenvalue weighted by atomic mass is 10.0. The van der Waals surface area contributed by atoms with Gasteiger partial charge in [0.2, 0.25) is 11.8 Å². The Morgan fingerprint density at radius 2 is 1.39 bits per heavy atom. The number of amides is 2. The fraction of sp³-hybridized carbons (Fsp3) is 0.257. The zero-order chi connectivity index (χ0) is 31.7. The van der Waals surface area contributed by atoms with E-state index in [9.17, 15) is 18.0 Å². The van der Waals surface area contributed by atoms with Crippen LogP contribution in [0.25, 0.3) is 0 Å². The van der Waals surface area contributed by atoms with Crippen LogP contribution in [0.15, 0.2) is 114 Å². The number of hydrogen-bond donors (Lipinski definition) is 1. The van der Waals surface area contributed by atoms with E-state index in [2.05, 4.69) is 5.32 Å². The first-order valence-electron chi connectivity index (χ1n) is 14.5. The van der Waals surface area contributed by atoms with Crippen molar-refractivity contribution in [1.82, 2.24) is 10.2 Å². The monoisotopic (exact) mass is 613 g/mol. The van der Waals surface area contributed by atoms with E-state index < -0.39 is 28.5 Å². The van der Waals surface area contributed by atoms with E-state index in [-0.39, 0.29) is 29.8 Å². The summed E-state index contributed by atoms with van der Waals surface area (Å²) in [7, 11) is -2.68. The second-order valence-corrected chi connectivity index (χ2v) is 12.8. The van der Waals surface area contributed by atoms with E-state index in [0.717, 1.165) is 21.0 Å². The van der Waals surface area contributed by atoms with Crippen LogP contribution in [0.5, 0.6) is 5.75 Å². The van der Waals surface area contributed by atoms with E-state index in [4.69, 9.17) is 4.74 Å². The summed E-state index contributed by atoms with van der Waals surface area (Å²) >= 11 is 0. The summed E-state index contributed by atoms with van der Waals surface area (Å²) in [5, 5.41) is 2.97. The predicted molar refractivity (Wildman–Crippen MR) is 173 cm³/mol. The molecule has 0 aliphatic carbocycles.